The summed E-state index contributed by atoms with van der Waals surface area (Å²) >= 11 is 0. The minimum Gasteiger partial charge on any atom is -0.390 e. The van der Waals surface area contributed by atoms with Crippen LogP contribution in [0.2, 0.25) is 12.1 Å². The maximum Gasteiger partial charge on any atom is 0.492 e. The van der Waals surface area contributed by atoms with E-state index in [0.717, 1.165) is 0 Å². The third-order valence-electron chi connectivity index (χ3n) is 1.77. The SMILES string of the molecule is O=S(=O)(OCCC[Si](O)(O)O)OCCC[Si](O)(O)O. The van der Waals surface area contributed by atoms with Crippen LogP contribution in [0.15, 0.2) is 0 Å². The molecular weight excluding hydrogens is 320 g/mol. The molecule has 0 unspecified atom stereocenters. The van der Waals surface area contributed by atoms with Gasteiger partial charge in [-0.15, -0.1) is 0 Å². The Hall–Kier alpha value is 0.0638. The first kappa shape index (κ1) is 19.1. The van der Waals surface area contributed by atoms with Crippen LogP contribution in [-0.4, -0.2) is 68.0 Å². The molecule has 0 aliphatic carbocycles. The fourth-order valence-corrected chi connectivity index (χ4v) is 2.92. The molecule has 0 atom stereocenters. The fourth-order valence-electron chi connectivity index (χ4n) is 0.975. The molecule has 0 fully saturated rings. The van der Waals surface area contributed by atoms with Crippen molar-refractivity contribution in [1.82, 2.24) is 0 Å². The molecule has 0 saturated heterocycles. The molecule has 10 nitrogen and oxygen atoms in total. The van der Waals surface area contributed by atoms with E-state index in [1.165, 1.54) is 0 Å². The Labute approximate surface area is 112 Å². The molecule has 6 N–H and O–H groups in total. The molecule has 0 aliphatic rings. The summed E-state index contributed by atoms with van der Waals surface area (Å²) in [6.45, 7) is -0.783. The topological polar surface area (TPSA) is 174 Å². The van der Waals surface area contributed by atoms with Gasteiger partial charge < -0.3 is 28.8 Å². The molecule has 0 aromatic heterocycles. The van der Waals surface area contributed by atoms with Crippen LogP contribution in [0.3, 0.4) is 0 Å². The molecular formula is C6H18O10SSi2. The zero-order valence-electron chi connectivity index (χ0n) is 9.97. The van der Waals surface area contributed by atoms with Crippen LogP contribution in [0.1, 0.15) is 12.8 Å². The van der Waals surface area contributed by atoms with E-state index in [1.54, 1.807) is 0 Å². The lowest BCUT2D eigenvalue weighted by molar-refractivity contribution is 0.193. The summed E-state index contributed by atoms with van der Waals surface area (Å²) in [5.74, 6) is 0. The fraction of sp³-hybridized carbons (Fsp3) is 1.00. The minimum atomic E-state index is -4.28. The second-order valence-electron chi connectivity index (χ2n) is 3.81. The number of rotatable bonds is 10. The zero-order chi connectivity index (χ0) is 15.2. The second kappa shape index (κ2) is 7.74. The number of hydrogen-bond donors (Lipinski definition) is 6. The van der Waals surface area contributed by atoms with Crippen LogP contribution in [-0.2, 0) is 18.8 Å². The Morgan fingerprint density at radius 1 is 0.737 bits per heavy atom. The quantitative estimate of drug-likeness (QED) is 0.176. The van der Waals surface area contributed by atoms with Gasteiger partial charge >= 0.3 is 28.0 Å². The van der Waals surface area contributed by atoms with Crippen LogP contribution < -0.4 is 0 Å². The molecule has 0 saturated carbocycles. The highest BCUT2D eigenvalue weighted by atomic mass is 32.3. The van der Waals surface area contributed by atoms with Crippen molar-refractivity contribution in [2.45, 2.75) is 24.9 Å². The largest absolute Gasteiger partial charge is 0.492 e. The Morgan fingerprint density at radius 2 is 1.05 bits per heavy atom. The summed E-state index contributed by atoms with van der Waals surface area (Å²) in [4.78, 5) is 51.9. The molecule has 0 rings (SSSR count). The van der Waals surface area contributed by atoms with Gasteiger partial charge in [0.25, 0.3) is 0 Å². The molecule has 0 aromatic carbocycles. The van der Waals surface area contributed by atoms with Crippen LogP contribution in [0.5, 0.6) is 0 Å². The van der Waals surface area contributed by atoms with Crippen molar-refractivity contribution < 1.29 is 45.6 Å². The van der Waals surface area contributed by atoms with Gasteiger partial charge in [0.2, 0.25) is 0 Å². The van der Waals surface area contributed by atoms with Crippen LogP contribution in [0, 0.1) is 0 Å². The Kier molecular flexibility index (Phi) is 7.77. The van der Waals surface area contributed by atoms with Crippen LogP contribution >= 0.6 is 0 Å². The molecule has 116 valence electrons. The molecule has 0 bridgehead atoms. The van der Waals surface area contributed by atoms with Gasteiger partial charge in [-0.05, 0) is 12.8 Å². The first-order valence-corrected chi connectivity index (χ1v) is 10.7. The molecule has 0 aliphatic heterocycles. The highest BCUT2D eigenvalue weighted by Gasteiger charge is 2.27. The maximum absolute atomic E-state index is 11.1. The van der Waals surface area contributed by atoms with Crippen molar-refractivity contribution in [2.24, 2.45) is 0 Å². The van der Waals surface area contributed by atoms with Crippen molar-refractivity contribution in [3.05, 3.63) is 0 Å². The van der Waals surface area contributed by atoms with Crippen LogP contribution in [0.25, 0.3) is 0 Å². The van der Waals surface area contributed by atoms with Crippen molar-refractivity contribution in [3.63, 3.8) is 0 Å². The summed E-state index contributed by atoms with van der Waals surface area (Å²) in [5.41, 5.74) is 0. The highest BCUT2D eigenvalue weighted by Crippen LogP contribution is 2.07. The van der Waals surface area contributed by atoms with Gasteiger partial charge in [0, 0.05) is 12.1 Å². The van der Waals surface area contributed by atoms with Gasteiger partial charge in [-0.1, -0.05) is 0 Å². The van der Waals surface area contributed by atoms with Crippen molar-refractivity contribution in [2.75, 3.05) is 13.2 Å². The summed E-state index contributed by atoms with van der Waals surface area (Å²) in [7, 11) is -12.7. The van der Waals surface area contributed by atoms with Gasteiger partial charge in [0.1, 0.15) is 0 Å². The first-order chi connectivity index (χ1) is 8.41. The molecule has 0 heterocycles. The lowest BCUT2D eigenvalue weighted by atomic mass is 10.5. The summed E-state index contributed by atoms with van der Waals surface area (Å²) in [6.07, 6.45) is -0.170. The van der Waals surface area contributed by atoms with E-state index in [0.29, 0.717) is 0 Å². The van der Waals surface area contributed by atoms with E-state index in [-0.39, 0.29) is 24.9 Å². The Bertz CT molecular complexity index is 316. The molecule has 13 heteroatoms. The zero-order valence-corrected chi connectivity index (χ0v) is 12.8. The molecule has 0 spiro atoms. The lowest BCUT2D eigenvalue weighted by Crippen LogP contribution is -2.34. The third-order valence-corrected chi connectivity index (χ3v) is 4.73. The summed E-state index contributed by atoms with van der Waals surface area (Å²) in [6, 6.07) is -0.730. The summed E-state index contributed by atoms with van der Waals surface area (Å²) < 4.78 is 30.8. The van der Waals surface area contributed by atoms with E-state index in [4.69, 9.17) is 28.8 Å². The smallest absolute Gasteiger partial charge is 0.390 e. The predicted molar refractivity (Wildman–Crippen MR) is 64.5 cm³/mol. The second-order valence-corrected chi connectivity index (χ2v) is 9.19. The van der Waals surface area contributed by atoms with E-state index in [1.807, 2.05) is 0 Å². The average Bonchev–Trinajstić information content (AvgIpc) is 2.17. The standard InChI is InChI=1S/C6H18O10SSi2/c7-17(8,15-3-1-5-18(9,10)11)16-4-2-6-19(12,13)14/h9-14H,1-6H2. The predicted octanol–water partition coefficient (Wildman–Crippen LogP) is -3.12. The van der Waals surface area contributed by atoms with Crippen LogP contribution in [0.4, 0.5) is 0 Å². The van der Waals surface area contributed by atoms with Gasteiger partial charge in [0.05, 0.1) is 13.2 Å². The van der Waals surface area contributed by atoms with Crippen molar-refractivity contribution >= 4 is 28.0 Å². The van der Waals surface area contributed by atoms with Gasteiger partial charge in [-0.3, -0.25) is 0 Å². The minimum absolute atomic E-state index is 0.0851. The van der Waals surface area contributed by atoms with Crippen molar-refractivity contribution in [1.29, 1.82) is 0 Å². The number of hydrogen-bond acceptors (Lipinski definition) is 10. The first-order valence-electron chi connectivity index (χ1n) is 5.29. The Balaban J connectivity index is 3.76. The maximum atomic E-state index is 11.1. The Morgan fingerprint density at radius 3 is 1.32 bits per heavy atom. The molecule has 19 heavy (non-hydrogen) atoms. The normalized spacial score (nSPS) is 13.8. The van der Waals surface area contributed by atoms with E-state index in [9.17, 15) is 8.42 Å². The van der Waals surface area contributed by atoms with E-state index >= 15 is 0 Å². The summed E-state index contributed by atoms with van der Waals surface area (Å²) in [5, 5.41) is 0. The average molecular weight is 338 g/mol. The molecule has 0 amide bonds. The van der Waals surface area contributed by atoms with Gasteiger partial charge in [-0.2, -0.15) is 8.42 Å². The third kappa shape index (κ3) is 14.3. The van der Waals surface area contributed by atoms with Gasteiger partial charge in [0.15, 0.2) is 0 Å². The van der Waals surface area contributed by atoms with Crippen molar-refractivity contribution in [3.8, 4) is 0 Å². The van der Waals surface area contributed by atoms with E-state index < -0.39 is 41.2 Å². The monoisotopic (exact) mass is 338 g/mol. The highest BCUT2D eigenvalue weighted by molar-refractivity contribution is 7.81. The molecule has 0 aromatic rings. The molecule has 0 radical (unpaired) electrons. The van der Waals surface area contributed by atoms with Gasteiger partial charge in [-0.25, -0.2) is 8.37 Å². The van der Waals surface area contributed by atoms with E-state index in [2.05, 4.69) is 8.37 Å². The lowest BCUT2D eigenvalue weighted by Gasteiger charge is -2.10.